The third-order valence-electron chi connectivity index (χ3n) is 3.92. The molecule has 5 nitrogen and oxygen atoms in total. The summed E-state index contributed by atoms with van der Waals surface area (Å²) in [7, 11) is -4.20. The number of carbonyl (C=O) groups is 1. The van der Waals surface area contributed by atoms with Gasteiger partial charge in [-0.3, -0.25) is 9.10 Å². The number of nitrogens with one attached hydrogen (secondary N) is 1. The minimum Gasteiger partial charge on any atom is -0.324 e. The number of hydrogen-bond acceptors (Lipinski definition) is 3. The highest BCUT2D eigenvalue weighted by Gasteiger charge is 2.27. The molecule has 0 atom stereocenters. The lowest BCUT2D eigenvalue weighted by Crippen LogP contribution is -2.38. The van der Waals surface area contributed by atoms with Crippen molar-refractivity contribution in [2.45, 2.75) is 4.90 Å². The summed E-state index contributed by atoms with van der Waals surface area (Å²) >= 11 is 0. The van der Waals surface area contributed by atoms with Gasteiger partial charge in [-0.1, -0.05) is 24.3 Å². The number of hydrogen-bond donors (Lipinski definition) is 1. The van der Waals surface area contributed by atoms with Crippen molar-refractivity contribution in [1.82, 2.24) is 0 Å². The molecule has 29 heavy (non-hydrogen) atoms. The van der Waals surface area contributed by atoms with Gasteiger partial charge in [0, 0.05) is 11.8 Å². The van der Waals surface area contributed by atoms with Gasteiger partial charge in [-0.25, -0.2) is 21.6 Å². The monoisotopic (exact) mass is 420 g/mol. The van der Waals surface area contributed by atoms with Gasteiger partial charge in [-0.2, -0.15) is 0 Å². The van der Waals surface area contributed by atoms with Gasteiger partial charge in [-0.05, 0) is 42.5 Å². The van der Waals surface area contributed by atoms with Crippen LogP contribution in [0.4, 0.5) is 24.5 Å². The number of nitrogens with zero attached hydrogens (tertiary/aromatic N) is 1. The summed E-state index contributed by atoms with van der Waals surface area (Å²) in [4.78, 5) is 12.3. The summed E-state index contributed by atoms with van der Waals surface area (Å²) in [6, 6.07) is 14.8. The Morgan fingerprint density at radius 2 is 1.59 bits per heavy atom. The van der Waals surface area contributed by atoms with E-state index in [0.29, 0.717) is 0 Å². The van der Waals surface area contributed by atoms with E-state index < -0.39 is 39.9 Å². The van der Waals surface area contributed by atoms with E-state index in [2.05, 4.69) is 5.32 Å². The summed E-state index contributed by atoms with van der Waals surface area (Å²) in [6.07, 6.45) is 0. The van der Waals surface area contributed by atoms with Gasteiger partial charge in [0.15, 0.2) is 11.6 Å². The Kier molecular flexibility index (Phi) is 5.88. The second-order valence-corrected chi connectivity index (χ2v) is 7.84. The fourth-order valence-electron chi connectivity index (χ4n) is 2.57. The molecule has 0 radical (unpaired) electrons. The topological polar surface area (TPSA) is 66.5 Å². The molecule has 3 aromatic rings. The molecule has 0 saturated heterocycles. The molecule has 3 aromatic carbocycles. The van der Waals surface area contributed by atoms with Crippen LogP contribution in [-0.4, -0.2) is 20.9 Å². The predicted molar refractivity (Wildman–Crippen MR) is 102 cm³/mol. The fourth-order valence-corrected chi connectivity index (χ4v) is 4.00. The van der Waals surface area contributed by atoms with Crippen LogP contribution in [0.2, 0.25) is 0 Å². The lowest BCUT2D eigenvalue weighted by atomic mass is 10.3. The average Bonchev–Trinajstić information content (AvgIpc) is 2.69. The standard InChI is InChI=1S/C20H15F3N2O3S/c21-14-5-4-6-16(11-14)25(29(27,28)17-7-2-1-3-8-17)13-20(26)24-15-9-10-18(22)19(23)12-15/h1-12H,13H2,(H,24,26). The lowest BCUT2D eigenvalue weighted by Gasteiger charge is -2.24. The molecule has 0 spiro atoms. The summed E-state index contributed by atoms with van der Waals surface area (Å²) < 4.78 is 66.9. The van der Waals surface area contributed by atoms with Crippen LogP contribution in [0.25, 0.3) is 0 Å². The molecule has 0 heterocycles. The molecule has 9 heteroatoms. The first kappa shape index (κ1) is 20.4. The first-order valence-electron chi connectivity index (χ1n) is 8.35. The van der Waals surface area contributed by atoms with E-state index in [4.69, 9.17) is 0 Å². The third kappa shape index (κ3) is 4.75. The highest BCUT2D eigenvalue weighted by atomic mass is 32.2. The number of sulfonamides is 1. The van der Waals surface area contributed by atoms with Gasteiger partial charge in [-0.15, -0.1) is 0 Å². The minimum atomic E-state index is -4.20. The number of carbonyl (C=O) groups excluding carboxylic acids is 1. The number of anilines is 2. The van der Waals surface area contributed by atoms with E-state index in [9.17, 15) is 26.4 Å². The molecule has 3 rings (SSSR count). The molecule has 1 N–H and O–H groups in total. The second kappa shape index (κ2) is 8.36. The van der Waals surface area contributed by atoms with Crippen molar-refractivity contribution in [3.8, 4) is 0 Å². The van der Waals surface area contributed by atoms with Crippen LogP contribution in [0.1, 0.15) is 0 Å². The summed E-state index contributed by atoms with van der Waals surface area (Å²) in [6.45, 7) is -0.709. The van der Waals surface area contributed by atoms with Crippen LogP contribution in [0, 0.1) is 17.5 Å². The van der Waals surface area contributed by atoms with Gasteiger partial charge < -0.3 is 5.32 Å². The largest absolute Gasteiger partial charge is 0.324 e. The van der Waals surface area contributed by atoms with Crippen molar-refractivity contribution in [3.63, 3.8) is 0 Å². The zero-order valence-corrected chi connectivity index (χ0v) is 15.7. The number of benzene rings is 3. The molecule has 0 aliphatic heterocycles. The molecular formula is C20H15F3N2O3S. The zero-order chi connectivity index (χ0) is 21.0. The smallest absolute Gasteiger partial charge is 0.264 e. The maximum atomic E-state index is 13.7. The highest BCUT2D eigenvalue weighted by molar-refractivity contribution is 7.92. The third-order valence-corrected chi connectivity index (χ3v) is 5.71. The molecule has 0 fully saturated rings. The van der Waals surface area contributed by atoms with Crippen LogP contribution in [0.5, 0.6) is 0 Å². The SMILES string of the molecule is O=C(CN(c1cccc(F)c1)S(=O)(=O)c1ccccc1)Nc1ccc(F)c(F)c1. The first-order chi connectivity index (χ1) is 13.8. The fraction of sp³-hybridized carbons (Fsp3) is 0.0500. The highest BCUT2D eigenvalue weighted by Crippen LogP contribution is 2.24. The Morgan fingerprint density at radius 3 is 2.24 bits per heavy atom. The van der Waals surface area contributed by atoms with Gasteiger partial charge in [0.2, 0.25) is 5.91 Å². The molecule has 0 saturated carbocycles. The van der Waals surface area contributed by atoms with E-state index in [-0.39, 0.29) is 16.3 Å². The van der Waals surface area contributed by atoms with Crippen molar-refractivity contribution in [1.29, 1.82) is 0 Å². The van der Waals surface area contributed by atoms with Crippen LogP contribution in [0.15, 0.2) is 77.7 Å². The van der Waals surface area contributed by atoms with Crippen molar-refractivity contribution in [3.05, 3.63) is 90.2 Å². The number of rotatable bonds is 6. The Balaban J connectivity index is 1.93. The molecule has 0 aliphatic carbocycles. The van der Waals surface area contributed by atoms with Crippen LogP contribution in [0.3, 0.4) is 0 Å². The maximum Gasteiger partial charge on any atom is 0.264 e. The van der Waals surface area contributed by atoms with Crippen molar-refractivity contribution < 1.29 is 26.4 Å². The van der Waals surface area contributed by atoms with Crippen molar-refractivity contribution >= 4 is 27.3 Å². The van der Waals surface area contributed by atoms with Crippen LogP contribution in [-0.2, 0) is 14.8 Å². The summed E-state index contributed by atoms with van der Waals surface area (Å²) in [5.41, 5.74) is -0.112. The van der Waals surface area contributed by atoms with Gasteiger partial charge in [0.1, 0.15) is 12.4 Å². The molecular weight excluding hydrogens is 405 g/mol. The number of halogens is 3. The molecule has 0 aromatic heterocycles. The Hall–Kier alpha value is -3.33. The average molecular weight is 420 g/mol. The van der Waals surface area contributed by atoms with Gasteiger partial charge in [0.25, 0.3) is 10.0 Å². The molecule has 0 unspecified atom stereocenters. The van der Waals surface area contributed by atoms with E-state index in [1.165, 1.54) is 36.4 Å². The predicted octanol–water partition coefficient (Wildman–Crippen LogP) is 3.94. The quantitative estimate of drug-likeness (QED) is 0.657. The van der Waals surface area contributed by atoms with Gasteiger partial charge in [0.05, 0.1) is 10.6 Å². The minimum absolute atomic E-state index is 0.0507. The lowest BCUT2D eigenvalue weighted by molar-refractivity contribution is -0.114. The van der Waals surface area contributed by atoms with E-state index in [1.54, 1.807) is 6.07 Å². The van der Waals surface area contributed by atoms with E-state index in [0.717, 1.165) is 34.6 Å². The van der Waals surface area contributed by atoms with E-state index in [1.807, 2.05) is 0 Å². The van der Waals surface area contributed by atoms with Crippen molar-refractivity contribution in [2.75, 3.05) is 16.2 Å². The molecule has 0 bridgehead atoms. The van der Waals surface area contributed by atoms with E-state index >= 15 is 0 Å². The van der Waals surface area contributed by atoms with Crippen molar-refractivity contribution in [2.24, 2.45) is 0 Å². The Bertz CT molecular complexity index is 1140. The summed E-state index contributed by atoms with van der Waals surface area (Å²) in [5, 5.41) is 2.30. The molecule has 150 valence electrons. The summed E-state index contributed by atoms with van der Waals surface area (Å²) in [5.74, 6) is -3.76. The molecule has 1 amide bonds. The zero-order valence-electron chi connectivity index (χ0n) is 14.8. The van der Waals surface area contributed by atoms with Crippen LogP contribution < -0.4 is 9.62 Å². The molecule has 0 aliphatic rings. The maximum absolute atomic E-state index is 13.7. The first-order valence-corrected chi connectivity index (χ1v) is 9.79. The Morgan fingerprint density at radius 1 is 0.862 bits per heavy atom. The van der Waals surface area contributed by atoms with Crippen LogP contribution >= 0.6 is 0 Å². The normalized spacial score (nSPS) is 11.1. The van der Waals surface area contributed by atoms with Gasteiger partial charge >= 0.3 is 0 Å². The number of amides is 1. The Labute approximate surface area is 165 Å². The second-order valence-electron chi connectivity index (χ2n) is 5.98.